The summed E-state index contributed by atoms with van der Waals surface area (Å²) in [5.74, 6) is 0. The Hall–Kier alpha value is -0.910. The summed E-state index contributed by atoms with van der Waals surface area (Å²) in [7, 11) is 1.69. The minimum Gasteiger partial charge on any atom is -0.350 e. The number of nitrogens with zero attached hydrogens (tertiary/aromatic N) is 2. The van der Waals surface area contributed by atoms with Crippen molar-refractivity contribution in [2.75, 3.05) is 13.6 Å². The van der Waals surface area contributed by atoms with Gasteiger partial charge in [-0.1, -0.05) is 25.4 Å². The van der Waals surface area contributed by atoms with Gasteiger partial charge in [0.2, 0.25) is 0 Å². The van der Waals surface area contributed by atoms with Crippen LogP contribution in [0.1, 0.15) is 20.8 Å². The molecule has 0 saturated carbocycles. The van der Waals surface area contributed by atoms with Crippen LogP contribution in [0.3, 0.4) is 0 Å². The summed E-state index contributed by atoms with van der Waals surface area (Å²) in [5.41, 5.74) is 0.197. The lowest BCUT2D eigenvalue weighted by molar-refractivity contribution is -0.238. The number of hydroxylamine groups is 2. The molecular formula is C14H19ClN2O2S. The van der Waals surface area contributed by atoms with Crippen molar-refractivity contribution in [1.82, 2.24) is 9.37 Å². The Balaban J connectivity index is 1.85. The van der Waals surface area contributed by atoms with Gasteiger partial charge in [0.15, 0.2) is 0 Å². The average molecular weight is 315 g/mol. The van der Waals surface area contributed by atoms with E-state index in [1.807, 2.05) is 12.1 Å². The van der Waals surface area contributed by atoms with Gasteiger partial charge in [-0.25, -0.2) is 9.10 Å². The molecule has 1 saturated heterocycles. The monoisotopic (exact) mass is 314 g/mol. The van der Waals surface area contributed by atoms with Crippen molar-refractivity contribution in [2.45, 2.75) is 31.7 Å². The molecule has 1 aromatic carbocycles. The second kappa shape index (κ2) is 5.84. The Labute approximate surface area is 129 Å². The fourth-order valence-corrected chi connectivity index (χ4v) is 2.72. The number of benzene rings is 1. The number of carbonyl (C=O) groups excluding carboxylic acids is 1. The molecule has 0 radical (unpaired) electrons. The van der Waals surface area contributed by atoms with Crippen molar-refractivity contribution in [3.63, 3.8) is 0 Å². The van der Waals surface area contributed by atoms with Crippen LogP contribution in [-0.2, 0) is 4.84 Å². The van der Waals surface area contributed by atoms with Gasteiger partial charge in [-0.3, -0.25) is 0 Å². The van der Waals surface area contributed by atoms with Gasteiger partial charge in [0.1, 0.15) is 0 Å². The number of halogens is 1. The lowest BCUT2D eigenvalue weighted by Gasteiger charge is -2.50. The molecule has 1 amide bonds. The first-order chi connectivity index (χ1) is 9.29. The fraction of sp³-hybridized carbons (Fsp3) is 0.500. The molecule has 20 heavy (non-hydrogen) atoms. The molecule has 4 nitrogen and oxygen atoms in total. The predicted octanol–water partition coefficient (Wildman–Crippen LogP) is 4.06. The molecule has 0 N–H and O–H groups in total. The lowest BCUT2D eigenvalue weighted by atomic mass is 9.78. The van der Waals surface area contributed by atoms with E-state index in [-0.39, 0.29) is 17.6 Å². The van der Waals surface area contributed by atoms with Crippen molar-refractivity contribution in [1.29, 1.82) is 0 Å². The van der Waals surface area contributed by atoms with Gasteiger partial charge >= 0.3 is 6.09 Å². The van der Waals surface area contributed by atoms with E-state index in [1.165, 1.54) is 16.3 Å². The van der Waals surface area contributed by atoms with Crippen LogP contribution in [0.4, 0.5) is 4.79 Å². The first-order valence-electron chi connectivity index (χ1n) is 6.45. The van der Waals surface area contributed by atoms with E-state index in [2.05, 4.69) is 20.8 Å². The molecule has 0 aliphatic carbocycles. The Morgan fingerprint density at radius 1 is 1.45 bits per heavy atom. The highest BCUT2D eigenvalue weighted by molar-refractivity contribution is 7.97. The summed E-state index contributed by atoms with van der Waals surface area (Å²) in [5, 5.41) is 2.40. The third kappa shape index (κ3) is 3.40. The van der Waals surface area contributed by atoms with E-state index in [1.54, 1.807) is 24.2 Å². The van der Waals surface area contributed by atoms with E-state index in [0.29, 0.717) is 5.02 Å². The van der Waals surface area contributed by atoms with E-state index < -0.39 is 0 Å². The molecule has 1 fully saturated rings. The highest BCUT2D eigenvalue weighted by Crippen LogP contribution is 2.37. The third-order valence-electron chi connectivity index (χ3n) is 3.63. The molecule has 6 heteroatoms. The lowest BCUT2D eigenvalue weighted by Crippen LogP contribution is -2.60. The second-order valence-corrected chi connectivity index (χ2v) is 7.28. The van der Waals surface area contributed by atoms with Crippen molar-refractivity contribution in [3.8, 4) is 0 Å². The molecule has 1 atom stereocenters. The molecule has 110 valence electrons. The van der Waals surface area contributed by atoms with Crippen LogP contribution >= 0.6 is 23.5 Å². The largest absolute Gasteiger partial charge is 0.439 e. The molecular weight excluding hydrogens is 296 g/mol. The van der Waals surface area contributed by atoms with Gasteiger partial charge < -0.3 is 4.84 Å². The smallest absolute Gasteiger partial charge is 0.350 e. The standard InChI is InChI=1S/C14H19ClN2O2S/c1-10-14(2,3)9-17(10)19-13(18)16(4)20-12-7-5-11(15)6-8-12/h5-8,10H,9H2,1-4H3. The molecule has 1 unspecified atom stereocenters. The molecule has 2 rings (SSSR count). The minimum atomic E-state index is -0.368. The Morgan fingerprint density at radius 2 is 2.05 bits per heavy atom. The molecule has 1 aromatic rings. The van der Waals surface area contributed by atoms with Crippen LogP contribution in [-0.4, -0.2) is 35.1 Å². The summed E-state index contributed by atoms with van der Waals surface area (Å²) in [6.45, 7) is 7.14. The fourth-order valence-electron chi connectivity index (χ4n) is 1.91. The Morgan fingerprint density at radius 3 is 2.55 bits per heavy atom. The van der Waals surface area contributed by atoms with Crippen molar-refractivity contribution in [3.05, 3.63) is 29.3 Å². The number of hydrogen-bond donors (Lipinski definition) is 0. The van der Waals surface area contributed by atoms with Crippen molar-refractivity contribution < 1.29 is 9.63 Å². The zero-order chi connectivity index (χ0) is 14.9. The van der Waals surface area contributed by atoms with Crippen LogP contribution in [0.25, 0.3) is 0 Å². The summed E-state index contributed by atoms with van der Waals surface area (Å²) >= 11 is 7.14. The first kappa shape index (κ1) is 15.5. The SMILES string of the molecule is CC1N(OC(=O)N(C)Sc2ccc(Cl)cc2)CC1(C)C. The van der Waals surface area contributed by atoms with Gasteiger partial charge in [0, 0.05) is 29.6 Å². The maximum Gasteiger partial charge on any atom is 0.439 e. The molecule has 1 aliphatic heterocycles. The van der Waals surface area contributed by atoms with Crippen LogP contribution < -0.4 is 0 Å². The van der Waals surface area contributed by atoms with E-state index in [9.17, 15) is 4.79 Å². The van der Waals surface area contributed by atoms with Crippen LogP contribution in [0.5, 0.6) is 0 Å². The van der Waals surface area contributed by atoms with Gasteiger partial charge in [0.25, 0.3) is 0 Å². The quantitative estimate of drug-likeness (QED) is 0.788. The molecule has 0 spiro atoms. The zero-order valence-corrected chi connectivity index (χ0v) is 13.7. The van der Waals surface area contributed by atoms with Gasteiger partial charge in [-0.05, 0) is 48.6 Å². The van der Waals surface area contributed by atoms with Gasteiger partial charge in [-0.15, -0.1) is 5.06 Å². The topological polar surface area (TPSA) is 32.8 Å². The first-order valence-corrected chi connectivity index (χ1v) is 7.60. The molecule has 1 aliphatic rings. The van der Waals surface area contributed by atoms with E-state index >= 15 is 0 Å². The summed E-state index contributed by atoms with van der Waals surface area (Å²) in [4.78, 5) is 18.3. The predicted molar refractivity (Wildman–Crippen MR) is 81.5 cm³/mol. The minimum absolute atomic E-state index is 0.197. The number of amides is 1. The summed E-state index contributed by atoms with van der Waals surface area (Å²) in [6, 6.07) is 7.56. The molecule has 0 bridgehead atoms. The zero-order valence-electron chi connectivity index (χ0n) is 12.1. The third-order valence-corrected chi connectivity index (χ3v) is 4.79. The summed E-state index contributed by atoms with van der Waals surface area (Å²) < 4.78 is 1.47. The van der Waals surface area contributed by atoms with Gasteiger partial charge in [-0.2, -0.15) is 0 Å². The van der Waals surface area contributed by atoms with E-state index in [4.69, 9.17) is 16.4 Å². The van der Waals surface area contributed by atoms with Crippen LogP contribution in [0.15, 0.2) is 29.2 Å². The number of rotatable bonds is 3. The van der Waals surface area contributed by atoms with Gasteiger partial charge in [0.05, 0.1) is 0 Å². The number of hydrogen-bond acceptors (Lipinski definition) is 4. The van der Waals surface area contributed by atoms with E-state index in [0.717, 1.165) is 11.4 Å². The van der Waals surface area contributed by atoms with Crippen molar-refractivity contribution in [2.24, 2.45) is 5.41 Å². The molecule has 1 heterocycles. The highest BCUT2D eigenvalue weighted by atomic mass is 35.5. The maximum absolute atomic E-state index is 12.0. The highest BCUT2D eigenvalue weighted by Gasteiger charge is 2.45. The van der Waals surface area contributed by atoms with Crippen LogP contribution in [0, 0.1) is 5.41 Å². The average Bonchev–Trinajstić information content (AvgIpc) is 2.40. The Kier molecular flexibility index (Phi) is 4.52. The van der Waals surface area contributed by atoms with Crippen LogP contribution in [0.2, 0.25) is 5.02 Å². The number of carbonyl (C=O) groups is 1. The van der Waals surface area contributed by atoms with Crippen molar-refractivity contribution >= 4 is 29.6 Å². The summed E-state index contributed by atoms with van der Waals surface area (Å²) in [6.07, 6.45) is -0.368. The second-order valence-electron chi connectivity index (χ2n) is 5.64. The maximum atomic E-state index is 12.0. The normalized spacial score (nSPS) is 21.1. The molecule has 0 aromatic heterocycles. The Bertz CT molecular complexity index is 492.